The first kappa shape index (κ1) is 18.0. The fraction of sp³-hybridized carbons (Fsp3) is 0.312. The number of amides is 2. The fourth-order valence-electron chi connectivity index (χ4n) is 1.82. The molecule has 6 nitrogen and oxygen atoms in total. The number of hydrogen-bond donors (Lipinski definition) is 2. The molecule has 0 saturated carbocycles. The van der Waals surface area contributed by atoms with Gasteiger partial charge in [-0.25, -0.2) is 4.39 Å². The molecule has 1 unspecified atom stereocenters. The van der Waals surface area contributed by atoms with Gasteiger partial charge in [0.05, 0.1) is 11.0 Å². The van der Waals surface area contributed by atoms with Crippen molar-refractivity contribution in [2.24, 2.45) is 0 Å². The van der Waals surface area contributed by atoms with Gasteiger partial charge in [0.1, 0.15) is 11.6 Å². The second-order valence-corrected chi connectivity index (χ2v) is 6.46. The summed E-state index contributed by atoms with van der Waals surface area (Å²) >= 11 is 1.18. The lowest BCUT2D eigenvalue weighted by Gasteiger charge is -2.10. The summed E-state index contributed by atoms with van der Waals surface area (Å²) in [6.07, 6.45) is 0. The number of anilines is 1. The number of nitrogens with one attached hydrogen (secondary N) is 2. The molecule has 2 amide bonds. The van der Waals surface area contributed by atoms with Crippen molar-refractivity contribution in [2.45, 2.75) is 25.6 Å². The fourth-order valence-corrected chi connectivity index (χ4v) is 2.53. The van der Waals surface area contributed by atoms with Crippen LogP contribution in [0.5, 0.6) is 0 Å². The maximum absolute atomic E-state index is 13.4. The Labute approximate surface area is 143 Å². The number of carbonyl (C=O) groups excluding carboxylic acids is 2. The van der Waals surface area contributed by atoms with Gasteiger partial charge in [-0.3, -0.25) is 9.59 Å². The molecule has 0 saturated heterocycles. The Morgan fingerprint density at radius 1 is 1.38 bits per heavy atom. The van der Waals surface area contributed by atoms with Crippen molar-refractivity contribution in [1.82, 2.24) is 10.5 Å². The van der Waals surface area contributed by atoms with E-state index in [1.807, 2.05) is 0 Å². The van der Waals surface area contributed by atoms with Crippen LogP contribution < -0.4 is 10.6 Å². The van der Waals surface area contributed by atoms with Crippen LogP contribution in [0.1, 0.15) is 18.2 Å². The average molecular weight is 351 g/mol. The van der Waals surface area contributed by atoms with Gasteiger partial charge in [-0.2, -0.15) is 0 Å². The van der Waals surface area contributed by atoms with Crippen LogP contribution in [0, 0.1) is 12.7 Å². The molecule has 0 spiro atoms. The molecule has 2 aromatic rings. The van der Waals surface area contributed by atoms with Crippen LogP contribution in [-0.2, 0) is 16.1 Å². The Morgan fingerprint density at radius 2 is 2.12 bits per heavy atom. The number of halogens is 1. The van der Waals surface area contributed by atoms with Crippen molar-refractivity contribution in [3.8, 4) is 0 Å². The molecule has 1 aromatic heterocycles. The summed E-state index contributed by atoms with van der Waals surface area (Å²) in [5.74, 6) is 0.143. The molecule has 8 heteroatoms. The molecule has 24 heavy (non-hydrogen) atoms. The van der Waals surface area contributed by atoms with Crippen LogP contribution in [0.25, 0.3) is 0 Å². The van der Waals surface area contributed by atoms with E-state index in [1.165, 1.54) is 17.8 Å². The molecular weight excluding hydrogens is 333 g/mol. The zero-order valence-electron chi connectivity index (χ0n) is 13.3. The maximum atomic E-state index is 13.4. The molecule has 128 valence electrons. The third-order valence-corrected chi connectivity index (χ3v) is 4.29. The van der Waals surface area contributed by atoms with Gasteiger partial charge in [0.25, 0.3) is 0 Å². The monoisotopic (exact) mass is 351 g/mol. The molecule has 1 atom stereocenters. The second kappa shape index (κ2) is 8.49. The van der Waals surface area contributed by atoms with Gasteiger partial charge in [0.15, 0.2) is 5.82 Å². The Morgan fingerprint density at radius 3 is 2.79 bits per heavy atom. The van der Waals surface area contributed by atoms with Crippen LogP contribution in [0.2, 0.25) is 0 Å². The van der Waals surface area contributed by atoms with Crippen LogP contribution in [0.4, 0.5) is 10.2 Å². The Balaban J connectivity index is 1.72. The summed E-state index contributed by atoms with van der Waals surface area (Å²) in [6, 6.07) is 7.86. The first-order valence-electron chi connectivity index (χ1n) is 7.31. The highest BCUT2D eigenvalue weighted by atomic mass is 32.2. The van der Waals surface area contributed by atoms with E-state index in [9.17, 15) is 14.0 Å². The molecule has 0 radical (unpaired) electrons. The Bertz CT molecular complexity index is 720. The number of benzene rings is 1. The summed E-state index contributed by atoms with van der Waals surface area (Å²) in [7, 11) is 0. The van der Waals surface area contributed by atoms with Crippen molar-refractivity contribution in [1.29, 1.82) is 0 Å². The summed E-state index contributed by atoms with van der Waals surface area (Å²) < 4.78 is 18.3. The molecule has 0 aliphatic heterocycles. The molecule has 1 heterocycles. The maximum Gasteiger partial charge on any atom is 0.238 e. The molecule has 0 aliphatic carbocycles. The van der Waals surface area contributed by atoms with Crippen molar-refractivity contribution in [3.05, 3.63) is 47.5 Å². The highest BCUT2D eigenvalue weighted by molar-refractivity contribution is 8.01. The predicted molar refractivity (Wildman–Crippen MR) is 90.0 cm³/mol. The van der Waals surface area contributed by atoms with Gasteiger partial charge in [0.2, 0.25) is 11.8 Å². The van der Waals surface area contributed by atoms with E-state index in [4.69, 9.17) is 4.52 Å². The normalized spacial score (nSPS) is 11.8. The molecule has 2 rings (SSSR count). The zero-order valence-corrected chi connectivity index (χ0v) is 14.2. The van der Waals surface area contributed by atoms with Crippen molar-refractivity contribution in [3.63, 3.8) is 0 Å². The minimum atomic E-state index is -0.443. The minimum absolute atomic E-state index is 0.0981. The van der Waals surface area contributed by atoms with Crippen LogP contribution >= 0.6 is 11.8 Å². The topological polar surface area (TPSA) is 84.2 Å². The average Bonchev–Trinajstić information content (AvgIpc) is 2.96. The number of hydrogen-bond acceptors (Lipinski definition) is 5. The van der Waals surface area contributed by atoms with Crippen molar-refractivity contribution >= 4 is 29.4 Å². The number of aromatic nitrogens is 1. The Hall–Kier alpha value is -2.35. The lowest BCUT2D eigenvalue weighted by atomic mass is 10.2. The van der Waals surface area contributed by atoms with E-state index in [0.29, 0.717) is 17.1 Å². The molecule has 2 N–H and O–H groups in total. The van der Waals surface area contributed by atoms with Gasteiger partial charge in [0, 0.05) is 18.2 Å². The SMILES string of the molecule is Cc1cc(NC(=O)C(C)SCC(=O)NCc2ccccc2F)no1. The molecule has 0 bridgehead atoms. The lowest BCUT2D eigenvalue weighted by Crippen LogP contribution is -2.28. The third kappa shape index (κ3) is 5.38. The van der Waals surface area contributed by atoms with Crippen LogP contribution in [-0.4, -0.2) is 28.0 Å². The molecule has 1 aromatic carbocycles. The lowest BCUT2D eigenvalue weighted by molar-refractivity contribution is -0.118. The van der Waals surface area contributed by atoms with E-state index in [2.05, 4.69) is 15.8 Å². The van der Waals surface area contributed by atoms with Gasteiger partial charge in [-0.05, 0) is 19.9 Å². The summed E-state index contributed by atoms with van der Waals surface area (Å²) in [6.45, 7) is 3.53. The van der Waals surface area contributed by atoms with E-state index in [0.717, 1.165) is 0 Å². The molecular formula is C16H18FN3O3S. The number of rotatable bonds is 7. The van der Waals surface area contributed by atoms with Gasteiger partial charge in [-0.15, -0.1) is 11.8 Å². The number of aryl methyl sites for hydroxylation is 1. The van der Waals surface area contributed by atoms with Gasteiger partial charge in [-0.1, -0.05) is 23.4 Å². The highest BCUT2D eigenvalue weighted by Gasteiger charge is 2.16. The second-order valence-electron chi connectivity index (χ2n) is 5.13. The zero-order chi connectivity index (χ0) is 17.5. The predicted octanol–water partition coefficient (Wildman–Crippen LogP) is 2.50. The third-order valence-electron chi connectivity index (χ3n) is 3.15. The van der Waals surface area contributed by atoms with Crippen LogP contribution in [0.15, 0.2) is 34.9 Å². The van der Waals surface area contributed by atoms with E-state index in [1.54, 1.807) is 38.1 Å². The van der Waals surface area contributed by atoms with Crippen molar-refractivity contribution < 1.29 is 18.5 Å². The largest absolute Gasteiger partial charge is 0.360 e. The first-order chi connectivity index (χ1) is 11.5. The van der Waals surface area contributed by atoms with Gasteiger partial charge >= 0.3 is 0 Å². The Kier molecular flexibility index (Phi) is 6.36. The van der Waals surface area contributed by atoms with Crippen molar-refractivity contribution in [2.75, 3.05) is 11.1 Å². The smallest absolute Gasteiger partial charge is 0.238 e. The van der Waals surface area contributed by atoms with Crippen LogP contribution in [0.3, 0.4) is 0 Å². The highest BCUT2D eigenvalue weighted by Crippen LogP contribution is 2.14. The minimum Gasteiger partial charge on any atom is -0.360 e. The number of carbonyl (C=O) groups is 2. The quantitative estimate of drug-likeness (QED) is 0.801. The van der Waals surface area contributed by atoms with E-state index >= 15 is 0 Å². The number of nitrogens with zero attached hydrogens (tertiary/aromatic N) is 1. The standard InChI is InChI=1S/C16H18FN3O3S/c1-10-7-14(20-23-10)19-16(22)11(2)24-9-15(21)18-8-12-5-3-4-6-13(12)17/h3-7,11H,8-9H2,1-2H3,(H,18,21)(H,19,20,22). The summed E-state index contributed by atoms with van der Waals surface area (Å²) in [4.78, 5) is 23.8. The van der Waals surface area contributed by atoms with E-state index in [-0.39, 0.29) is 29.9 Å². The number of thioether (sulfide) groups is 1. The molecule has 0 fully saturated rings. The summed E-state index contributed by atoms with van der Waals surface area (Å²) in [5, 5.41) is 8.46. The first-order valence-corrected chi connectivity index (χ1v) is 8.36. The van der Waals surface area contributed by atoms with Gasteiger partial charge < -0.3 is 15.2 Å². The summed E-state index contributed by atoms with van der Waals surface area (Å²) in [5.41, 5.74) is 0.419. The molecule has 0 aliphatic rings. The van der Waals surface area contributed by atoms with E-state index < -0.39 is 5.25 Å².